The predicted octanol–water partition coefficient (Wildman–Crippen LogP) is 3.22. The van der Waals surface area contributed by atoms with Crippen LogP contribution in [0.2, 0.25) is 0 Å². The van der Waals surface area contributed by atoms with Crippen LogP contribution in [0.1, 0.15) is 21.5 Å². The molecule has 0 bridgehead atoms. The maximum Gasteiger partial charge on any atom is 0.335 e. The number of hydrogen-bond donors (Lipinski definition) is 3. The van der Waals surface area contributed by atoms with E-state index in [1.54, 1.807) is 30.3 Å². The smallest absolute Gasteiger partial charge is 0.335 e. The lowest BCUT2D eigenvalue weighted by Gasteiger charge is -2.06. The maximum absolute atomic E-state index is 12.2. The number of aromatic carboxylic acids is 1. The number of carboxylic acid groups (broad SMARTS) is 1. The van der Waals surface area contributed by atoms with Gasteiger partial charge in [-0.15, -0.1) is 0 Å². The standard InChI is InChI=1S/C19H12BrN5O3/c20-15-7-6-12(18(27)28)8-13(15)10-22-25-19-23-16(11-4-2-1-3-5-11)14(9-21)17(26)24-19/h1-8,10H,(H,27,28)(H2,23,24,25,26). The van der Waals surface area contributed by atoms with Gasteiger partial charge in [0.05, 0.1) is 17.5 Å². The molecule has 0 aliphatic rings. The Morgan fingerprint density at radius 1 is 1.29 bits per heavy atom. The van der Waals surface area contributed by atoms with E-state index in [4.69, 9.17) is 5.11 Å². The molecule has 0 saturated heterocycles. The lowest BCUT2D eigenvalue weighted by molar-refractivity contribution is 0.0697. The van der Waals surface area contributed by atoms with Crippen LogP contribution in [0.25, 0.3) is 11.3 Å². The van der Waals surface area contributed by atoms with Gasteiger partial charge in [-0.3, -0.25) is 9.78 Å². The molecule has 0 aliphatic carbocycles. The molecule has 0 saturated carbocycles. The van der Waals surface area contributed by atoms with Crippen LogP contribution in [0.15, 0.2) is 62.9 Å². The lowest BCUT2D eigenvalue weighted by Crippen LogP contribution is -2.16. The molecule has 28 heavy (non-hydrogen) atoms. The van der Waals surface area contributed by atoms with Crippen LogP contribution in [0.3, 0.4) is 0 Å². The first-order chi connectivity index (χ1) is 13.5. The summed E-state index contributed by atoms with van der Waals surface area (Å²) < 4.78 is 0.648. The average Bonchev–Trinajstić information content (AvgIpc) is 2.69. The van der Waals surface area contributed by atoms with Crippen LogP contribution in [-0.2, 0) is 0 Å². The zero-order valence-electron chi connectivity index (χ0n) is 14.2. The van der Waals surface area contributed by atoms with Crippen molar-refractivity contribution >= 4 is 34.1 Å². The van der Waals surface area contributed by atoms with Crippen LogP contribution in [0.4, 0.5) is 5.95 Å². The van der Waals surface area contributed by atoms with E-state index < -0.39 is 11.5 Å². The zero-order chi connectivity index (χ0) is 20.1. The molecule has 3 rings (SSSR count). The summed E-state index contributed by atoms with van der Waals surface area (Å²) in [7, 11) is 0. The zero-order valence-corrected chi connectivity index (χ0v) is 15.8. The third-order valence-corrected chi connectivity index (χ3v) is 4.42. The van der Waals surface area contributed by atoms with Gasteiger partial charge in [0.25, 0.3) is 5.56 Å². The number of nitrogens with zero attached hydrogens (tertiary/aromatic N) is 3. The lowest BCUT2D eigenvalue weighted by atomic mass is 10.1. The maximum atomic E-state index is 12.2. The van der Waals surface area contributed by atoms with E-state index in [-0.39, 0.29) is 22.8 Å². The molecule has 0 spiro atoms. The fourth-order valence-electron chi connectivity index (χ4n) is 2.37. The Labute approximate surface area is 167 Å². The van der Waals surface area contributed by atoms with Crippen LogP contribution >= 0.6 is 15.9 Å². The molecule has 0 amide bonds. The molecule has 8 nitrogen and oxygen atoms in total. The summed E-state index contributed by atoms with van der Waals surface area (Å²) in [6, 6.07) is 15.2. The van der Waals surface area contributed by atoms with Crippen molar-refractivity contribution in [1.82, 2.24) is 9.97 Å². The van der Waals surface area contributed by atoms with E-state index >= 15 is 0 Å². The second kappa shape index (κ2) is 8.28. The van der Waals surface area contributed by atoms with Gasteiger partial charge in [-0.1, -0.05) is 46.3 Å². The molecule has 3 aromatic rings. The Morgan fingerprint density at radius 2 is 2.04 bits per heavy atom. The quantitative estimate of drug-likeness (QED) is 0.414. The third-order valence-electron chi connectivity index (χ3n) is 3.70. The van der Waals surface area contributed by atoms with Crippen molar-refractivity contribution < 1.29 is 9.90 Å². The van der Waals surface area contributed by atoms with Gasteiger partial charge < -0.3 is 5.11 Å². The monoisotopic (exact) mass is 437 g/mol. The summed E-state index contributed by atoms with van der Waals surface area (Å²) in [6.45, 7) is 0. The summed E-state index contributed by atoms with van der Waals surface area (Å²) in [5.41, 5.74) is 3.39. The number of anilines is 1. The van der Waals surface area contributed by atoms with Crippen molar-refractivity contribution in [1.29, 1.82) is 5.26 Å². The molecule has 138 valence electrons. The first-order valence-corrected chi connectivity index (χ1v) is 8.70. The molecule has 0 fully saturated rings. The fraction of sp³-hybridized carbons (Fsp3) is 0. The highest BCUT2D eigenvalue weighted by Crippen LogP contribution is 2.20. The minimum atomic E-state index is -1.05. The van der Waals surface area contributed by atoms with Crippen molar-refractivity contribution in [3.8, 4) is 17.3 Å². The minimum Gasteiger partial charge on any atom is -0.478 e. The Morgan fingerprint density at radius 3 is 2.71 bits per heavy atom. The molecule has 0 aliphatic heterocycles. The largest absolute Gasteiger partial charge is 0.478 e. The number of H-pyrrole nitrogens is 1. The highest BCUT2D eigenvalue weighted by Gasteiger charge is 2.13. The molecule has 1 aromatic heterocycles. The van der Waals surface area contributed by atoms with E-state index in [2.05, 4.69) is 36.4 Å². The molecule has 1 heterocycles. The van der Waals surface area contributed by atoms with Crippen molar-refractivity contribution in [3.63, 3.8) is 0 Å². The number of hydrazone groups is 1. The molecular formula is C19H12BrN5O3. The first kappa shape index (κ1) is 19.0. The van der Waals surface area contributed by atoms with Gasteiger partial charge in [0, 0.05) is 15.6 Å². The number of carbonyl (C=O) groups is 1. The number of benzene rings is 2. The van der Waals surface area contributed by atoms with Gasteiger partial charge in [-0.2, -0.15) is 10.4 Å². The first-order valence-electron chi connectivity index (χ1n) is 7.91. The minimum absolute atomic E-state index is 0.0459. The van der Waals surface area contributed by atoms with Crippen molar-refractivity contribution in [2.24, 2.45) is 5.10 Å². The predicted molar refractivity (Wildman–Crippen MR) is 107 cm³/mol. The van der Waals surface area contributed by atoms with Crippen LogP contribution in [0, 0.1) is 11.3 Å². The molecule has 2 aromatic carbocycles. The van der Waals surface area contributed by atoms with Gasteiger partial charge >= 0.3 is 5.97 Å². The Kier molecular flexibility index (Phi) is 5.62. The van der Waals surface area contributed by atoms with E-state index in [9.17, 15) is 14.9 Å². The van der Waals surface area contributed by atoms with Gasteiger partial charge in [0.1, 0.15) is 11.6 Å². The Balaban J connectivity index is 1.92. The van der Waals surface area contributed by atoms with Crippen LogP contribution < -0.4 is 11.0 Å². The molecular weight excluding hydrogens is 426 g/mol. The summed E-state index contributed by atoms with van der Waals surface area (Å²) in [5.74, 6) is -1.01. The van der Waals surface area contributed by atoms with Crippen molar-refractivity contribution in [2.75, 3.05) is 5.43 Å². The second-order valence-electron chi connectivity index (χ2n) is 5.53. The van der Waals surface area contributed by atoms with Gasteiger partial charge in [0.2, 0.25) is 5.95 Å². The Hall–Kier alpha value is -3.77. The van der Waals surface area contributed by atoms with Crippen molar-refractivity contribution in [2.45, 2.75) is 0 Å². The number of carboxylic acids is 1. The van der Waals surface area contributed by atoms with E-state index in [1.165, 1.54) is 18.3 Å². The van der Waals surface area contributed by atoms with E-state index in [0.717, 1.165) is 0 Å². The highest BCUT2D eigenvalue weighted by atomic mass is 79.9. The normalized spacial score (nSPS) is 10.6. The average molecular weight is 438 g/mol. The SMILES string of the molecule is N#Cc1c(-c2ccccc2)nc(NN=Cc2cc(C(=O)O)ccc2Br)[nH]c1=O. The topological polar surface area (TPSA) is 131 Å². The van der Waals surface area contributed by atoms with Crippen LogP contribution in [-0.4, -0.2) is 27.3 Å². The number of aromatic amines is 1. The number of nitriles is 1. The summed E-state index contributed by atoms with van der Waals surface area (Å²) in [5, 5.41) is 22.3. The number of aromatic nitrogens is 2. The van der Waals surface area contributed by atoms with Gasteiger partial charge in [0.15, 0.2) is 0 Å². The number of nitrogens with one attached hydrogen (secondary N) is 2. The van der Waals surface area contributed by atoms with E-state index in [0.29, 0.717) is 15.6 Å². The highest BCUT2D eigenvalue weighted by molar-refractivity contribution is 9.10. The molecule has 9 heteroatoms. The van der Waals surface area contributed by atoms with E-state index in [1.807, 2.05) is 12.1 Å². The second-order valence-corrected chi connectivity index (χ2v) is 6.38. The molecule has 3 N–H and O–H groups in total. The fourth-order valence-corrected chi connectivity index (χ4v) is 2.72. The summed E-state index contributed by atoms with van der Waals surface area (Å²) in [4.78, 5) is 30.0. The number of hydrogen-bond acceptors (Lipinski definition) is 6. The van der Waals surface area contributed by atoms with Gasteiger partial charge in [-0.05, 0) is 18.2 Å². The Bertz CT molecular complexity index is 1170. The summed E-state index contributed by atoms with van der Waals surface area (Å²) in [6.07, 6.45) is 1.39. The van der Waals surface area contributed by atoms with Gasteiger partial charge in [-0.25, -0.2) is 15.2 Å². The van der Waals surface area contributed by atoms with Crippen LogP contribution in [0.5, 0.6) is 0 Å². The van der Waals surface area contributed by atoms with Crippen molar-refractivity contribution in [3.05, 3.63) is 80.0 Å². The molecule has 0 radical (unpaired) electrons. The molecule has 0 unspecified atom stereocenters. The third kappa shape index (κ3) is 4.13. The number of halogens is 1. The summed E-state index contributed by atoms with van der Waals surface area (Å²) >= 11 is 3.32. The number of rotatable bonds is 5. The molecule has 0 atom stereocenters.